The van der Waals surface area contributed by atoms with E-state index in [1.807, 2.05) is 6.92 Å². The molecule has 0 unspecified atom stereocenters. The van der Waals surface area contributed by atoms with Crippen LogP contribution in [0.15, 0.2) is 0 Å². The van der Waals surface area contributed by atoms with Crippen LogP contribution in [0.4, 0.5) is 0 Å². The lowest BCUT2D eigenvalue weighted by atomic mass is 9.93. The van der Waals surface area contributed by atoms with Crippen LogP contribution < -0.4 is 5.32 Å². The van der Waals surface area contributed by atoms with Crippen molar-refractivity contribution in [3.8, 4) is 0 Å². The molecule has 1 heterocycles. The van der Waals surface area contributed by atoms with Gasteiger partial charge in [0.25, 0.3) is 0 Å². The summed E-state index contributed by atoms with van der Waals surface area (Å²) in [4.78, 5) is 0. The van der Waals surface area contributed by atoms with E-state index >= 15 is 0 Å². The molecule has 9 heavy (non-hydrogen) atoms. The van der Waals surface area contributed by atoms with E-state index in [0.29, 0.717) is 6.04 Å². The maximum Gasteiger partial charge on any atom is 0.0744 e. The summed E-state index contributed by atoms with van der Waals surface area (Å²) in [5.41, 5.74) is -0.452. The number of nitrogens with one attached hydrogen (secondary N) is 1. The third-order valence-electron chi connectivity index (χ3n) is 1.95. The lowest BCUT2D eigenvalue weighted by Crippen LogP contribution is -2.47. The molecule has 0 bridgehead atoms. The van der Waals surface area contributed by atoms with Crippen molar-refractivity contribution in [1.29, 1.82) is 0 Å². The number of aliphatic hydroxyl groups is 1. The van der Waals surface area contributed by atoms with E-state index in [9.17, 15) is 5.11 Å². The van der Waals surface area contributed by atoms with E-state index in [2.05, 4.69) is 12.2 Å². The van der Waals surface area contributed by atoms with Gasteiger partial charge in [0.15, 0.2) is 0 Å². The first-order valence-electron chi connectivity index (χ1n) is 3.56. The summed E-state index contributed by atoms with van der Waals surface area (Å²) in [6.45, 7) is 4.77. The largest absolute Gasteiger partial charge is 0.389 e. The summed E-state index contributed by atoms with van der Waals surface area (Å²) in [6, 6.07) is 0.588. The molecule has 2 heteroatoms. The highest BCUT2D eigenvalue weighted by atomic mass is 16.3. The molecule has 1 aliphatic heterocycles. The molecule has 1 rings (SSSR count). The first-order valence-corrected chi connectivity index (χ1v) is 3.56. The second-order valence-corrected chi connectivity index (χ2v) is 3.32. The summed E-state index contributed by atoms with van der Waals surface area (Å²) in [5.74, 6) is 0. The highest BCUT2D eigenvalue weighted by Crippen LogP contribution is 2.17. The minimum atomic E-state index is -0.452. The normalized spacial score (nSPS) is 45.0. The number of hydrogen-bond acceptors (Lipinski definition) is 2. The second kappa shape index (κ2) is 2.27. The zero-order valence-electron chi connectivity index (χ0n) is 6.15. The standard InChI is InChI=1S/C7H15NO/c1-6-3-4-7(2,9)5-8-6/h6,8-9H,3-5H2,1-2H3/t6-,7+/m0/s1. The first-order chi connectivity index (χ1) is 4.10. The molecule has 2 nitrogen and oxygen atoms in total. The highest BCUT2D eigenvalue weighted by molar-refractivity contribution is 4.83. The van der Waals surface area contributed by atoms with Crippen molar-refractivity contribution in [3.63, 3.8) is 0 Å². The Kier molecular flexibility index (Phi) is 1.78. The zero-order chi connectivity index (χ0) is 6.91. The van der Waals surface area contributed by atoms with Crippen molar-refractivity contribution in [2.75, 3.05) is 6.54 Å². The minimum absolute atomic E-state index is 0.452. The van der Waals surface area contributed by atoms with Crippen molar-refractivity contribution in [3.05, 3.63) is 0 Å². The van der Waals surface area contributed by atoms with Crippen LogP contribution in [0.25, 0.3) is 0 Å². The van der Waals surface area contributed by atoms with Crippen LogP contribution in [0.5, 0.6) is 0 Å². The van der Waals surface area contributed by atoms with Crippen molar-refractivity contribution in [2.24, 2.45) is 0 Å². The summed E-state index contributed by atoms with van der Waals surface area (Å²) in [6.07, 6.45) is 2.02. The molecule has 0 amide bonds. The molecule has 1 saturated heterocycles. The molecular formula is C7H15NO. The van der Waals surface area contributed by atoms with Crippen LogP contribution in [0.2, 0.25) is 0 Å². The van der Waals surface area contributed by atoms with Gasteiger partial charge in [-0.25, -0.2) is 0 Å². The van der Waals surface area contributed by atoms with Gasteiger partial charge in [-0.2, -0.15) is 0 Å². The fourth-order valence-corrected chi connectivity index (χ4v) is 1.11. The van der Waals surface area contributed by atoms with Gasteiger partial charge in [-0.05, 0) is 26.7 Å². The summed E-state index contributed by atoms with van der Waals surface area (Å²) in [5, 5.41) is 12.7. The quantitative estimate of drug-likeness (QED) is 0.499. The van der Waals surface area contributed by atoms with Crippen LogP contribution >= 0.6 is 0 Å². The van der Waals surface area contributed by atoms with E-state index in [1.54, 1.807) is 0 Å². The molecule has 0 aromatic heterocycles. The fourth-order valence-electron chi connectivity index (χ4n) is 1.11. The van der Waals surface area contributed by atoms with Crippen molar-refractivity contribution < 1.29 is 5.11 Å². The lowest BCUT2D eigenvalue weighted by molar-refractivity contribution is 0.0260. The topological polar surface area (TPSA) is 32.3 Å². The molecule has 0 spiro atoms. The fraction of sp³-hybridized carbons (Fsp3) is 1.00. The number of rotatable bonds is 0. The maximum atomic E-state index is 9.43. The Labute approximate surface area is 56.3 Å². The molecule has 1 fully saturated rings. The first kappa shape index (κ1) is 7.03. The monoisotopic (exact) mass is 129 g/mol. The Hall–Kier alpha value is -0.0800. The average Bonchev–Trinajstić information content (AvgIpc) is 1.78. The molecule has 2 atom stereocenters. The van der Waals surface area contributed by atoms with Gasteiger partial charge in [0, 0.05) is 12.6 Å². The summed E-state index contributed by atoms with van der Waals surface area (Å²) in [7, 11) is 0. The Bertz CT molecular complexity index is 91.1. The van der Waals surface area contributed by atoms with Crippen LogP contribution in [-0.2, 0) is 0 Å². The molecule has 0 saturated carbocycles. The molecule has 0 aromatic rings. The van der Waals surface area contributed by atoms with Crippen molar-refractivity contribution in [1.82, 2.24) is 5.32 Å². The van der Waals surface area contributed by atoms with Crippen LogP contribution in [0.3, 0.4) is 0 Å². The zero-order valence-corrected chi connectivity index (χ0v) is 6.15. The van der Waals surface area contributed by atoms with Gasteiger partial charge in [-0.1, -0.05) is 0 Å². The smallest absolute Gasteiger partial charge is 0.0744 e. The molecule has 0 radical (unpaired) electrons. The predicted molar refractivity (Wildman–Crippen MR) is 37.3 cm³/mol. The lowest BCUT2D eigenvalue weighted by Gasteiger charge is -2.32. The van der Waals surface area contributed by atoms with Crippen molar-refractivity contribution in [2.45, 2.75) is 38.3 Å². The molecule has 2 N–H and O–H groups in total. The van der Waals surface area contributed by atoms with Gasteiger partial charge in [0.2, 0.25) is 0 Å². The number of piperidine rings is 1. The second-order valence-electron chi connectivity index (χ2n) is 3.32. The summed E-state index contributed by atoms with van der Waals surface area (Å²) < 4.78 is 0. The van der Waals surface area contributed by atoms with E-state index in [-0.39, 0.29) is 0 Å². The van der Waals surface area contributed by atoms with Gasteiger partial charge in [-0.15, -0.1) is 0 Å². The highest BCUT2D eigenvalue weighted by Gasteiger charge is 2.25. The Morgan fingerprint density at radius 2 is 2.33 bits per heavy atom. The SMILES string of the molecule is C[C@H]1CC[C@@](C)(O)CN1. The Morgan fingerprint density at radius 3 is 2.67 bits per heavy atom. The number of β-amino-alcohol motifs (C(OH)–C–C–N with tert-alkyl or cyclic N) is 1. The maximum absolute atomic E-state index is 9.43. The molecule has 1 aliphatic rings. The molecule has 0 aliphatic carbocycles. The molecule has 54 valence electrons. The van der Waals surface area contributed by atoms with Gasteiger partial charge in [0.1, 0.15) is 0 Å². The van der Waals surface area contributed by atoms with Gasteiger partial charge < -0.3 is 10.4 Å². The number of hydrogen-bond donors (Lipinski definition) is 2. The van der Waals surface area contributed by atoms with E-state index in [1.165, 1.54) is 0 Å². The van der Waals surface area contributed by atoms with Gasteiger partial charge >= 0.3 is 0 Å². The Morgan fingerprint density at radius 1 is 1.67 bits per heavy atom. The van der Waals surface area contributed by atoms with E-state index in [4.69, 9.17) is 0 Å². The Balaban J connectivity index is 2.35. The van der Waals surface area contributed by atoms with E-state index < -0.39 is 5.60 Å². The molecule has 0 aromatic carbocycles. The van der Waals surface area contributed by atoms with Crippen LogP contribution in [0.1, 0.15) is 26.7 Å². The molecular weight excluding hydrogens is 114 g/mol. The predicted octanol–water partition coefficient (Wildman–Crippen LogP) is 0.509. The van der Waals surface area contributed by atoms with Crippen LogP contribution in [0, 0.1) is 0 Å². The van der Waals surface area contributed by atoms with Gasteiger partial charge in [0.05, 0.1) is 5.60 Å². The minimum Gasteiger partial charge on any atom is -0.389 e. The average molecular weight is 129 g/mol. The van der Waals surface area contributed by atoms with Crippen molar-refractivity contribution >= 4 is 0 Å². The summed E-state index contributed by atoms with van der Waals surface area (Å²) >= 11 is 0. The van der Waals surface area contributed by atoms with E-state index in [0.717, 1.165) is 19.4 Å². The third kappa shape index (κ3) is 1.95. The van der Waals surface area contributed by atoms with Gasteiger partial charge in [-0.3, -0.25) is 0 Å². The third-order valence-corrected chi connectivity index (χ3v) is 1.95. The van der Waals surface area contributed by atoms with Crippen LogP contribution in [-0.4, -0.2) is 23.3 Å².